The minimum absolute atomic E-state index is 0.388. The van der Waals surface area contributed by atoms with Crippen LogP contribution in [-0.2, 0) is 4.74 Å². The lowest BCUT2D eigenvalue weighted by atomic mass is 10.2. The van der Waals surface area contributed by atoms with Crippen LogP contribution in [0, 0.1) is 0 Å². The monoisotopic (exact) mass is 159 g/mol. The quantitative estimate of drug-likeness (QED) is 0.572. The normalized spacial score (nSPS) is 10.9. The van der Waals surface area contributed by atoms with Crippen LogP contribution in [0.2, 0.25) is 0 Å². The van der Waals surface area contributed by atoms with E-state index in [1.807, 2.05) is 7.05 Å². The second kappa shape index (κ2) is 8.02. The minimum atomic E-state index is 0.388. The van der Waals surface area contributed by atoms with Crippen molar-refractivity contribution in [3.8, 4) is 0 Å². The zero-order chi connectivity index (χ0) is 8.53. The predicted molar refractivity (Wildman–Crippen MR) is 48.9 cm³/mol. The number of nitrogens with one attached hydrogen (secondary N) is 1. The fraction of sp³-hybridized carbons (Fsp3) is 1.00. The van der Waals surface area contributed by atoms with Gasteiger partial charge in [-0.15, -0.1) is 0 Å². The molecule has 0 bridgehead atoms. The van der Waals surface area contributed by atoms with Gasteiger partial charge in [-0.25, -0.2) is 0 Å². The average molecular weight is 159 g/mol. The van der Waals surface area contributed by atoms with E-state index in [1.165, 1.54) is 19.3 Å². The lowest BCUT2D eigenvalue weighted by Gasteiger charge is -2.06. The summed E-state index contributed by atoms with van der Waals surface area (Å²) in [7, 11) is 1.99. The molecule has 2 nitrogen and oxygen atoms in total. The summed E-state index contributed by atoms with van der Waals surface area (Å²) in [6.45, 7) is 6.20. The highest BCUT2D eigenvalue weighted by atomic mass is 16.5. The molecule has 0 aromatic heterocycles. The Bertz CT molecular complexity index is 74.0. The summed E-state index contributed by atoms with van der Waals surface area (Å²) in [6, 6.07) is 0. The first-order chi connectivity index (χ1) is 5.27. The molecule has 0 heterocycles. The van der Waals surface area contributed by atoms with Crippen LogP contribution in [0.4, 0.5) is 0 Å². The highest BCUT2D eigenvalue weighted by molar-refractivity contribution is 4.44. The van der Waals surface area contributed by atoms with E-state index in [9.17, 15) is 0 Å². The molecule has 0 radical (unpaired) electrons. The summed E-state index contributed by atoms with van der Waals surface area (Å²) in [6.07, 6.45) is 4.12. The molecule has 0 atom stereocenters. The highest BCUT2D eigenvalue weighted by Crippen LogP contribution is 1.96. The molecule has 0 aliphatic heterocycles. The summed E-state index contributed by atoms with van der Waals surface area (Å²) in [4.78, 5) is 0. The molecule has 2 heteroatoms. The van der Waals surface area contributed by atoms with Crippen LogP contribution in [0.3, 0.4) is 0 Å². The van der Waals surface area contributed by atoms with Gasteiger partial charge in [0.25, 0.3) is 0 Å². The lowest BCUT2D eigenvalue weighted by molar-refractivity contribution is 0.0758. The van der Waals surface area contributed by atoms with Crippen LogP contribution in [0.5, 0.6) is 0 Å². The van der Waals surface area contributed by atoms with Crippen molar-refractivity contribution < 1.29 is 4.74 Å². The average Bonchev–Trinajstić information content (AvgIpc) is 1.96. The molecule has 0 unspecified atom stereocenters. The van der Waals surface area contributed by atoms with Gasteiger partial charge in [-0.3, -0.25) is 0 Å². The Kier molecular flexibility index (Phi) is 7.96. The van der Waals surface area contributed by atoms with E-state index in [4.69, 9.17) is 4.74 Å². The van der Waals surface area contributed by atoms with Crippen molar-refractivity contribution in [2.45, 2.75) is 39.2 Å². The highest BCUT2D eigenvalue weighted by Gasteiger charge is 1.92. The van der Waals surface area contributed by atoms with Crippen molar-refractivity contribution in [3.05, 3.63) is 0 Å². The van der Waals surface area contributed by atoms with E-state index in [-0.39, 0.29) is 0 Å². The molecule has 1 N–H and O–H groups in total. The van der Waals surface area contributed by atoms with Crippen molar-refractivity contribution >= 4 is 0 Å². The molecule has 0 amide bonds. The number of hydrogen-bond donors (Lipinski definition) is 1. The van der Waals surface area contributed by atoms with Crippen LogP contribution < -0.4 is 5.32 Å². The number of ether oxygens (including phenoxy) is 1. The molecule has 11 heavy (non-hydrogen) atoms. The summed E-state index contributed by atoms with van der Waals surface area (Å²) < 4.78 is 5.40. The van der Waals surface area contributed by atoms with Gasteiger partial charge in [0.2, 0.25) is 0 Å². The van der Waals surface area contributed by atoms with Gasteiger partial charge in [0.15, 0.2) is 0 Å². The summed E-state index contributed by atoms with van der Waals surface area (Å²) in [5, 5.41) is 3.13. The van der Waals surface area contributed by atoms with Crippen molar-refractivity contribution in [3.63, 3.8) is 0 Å². The Labute approximate surface area is 70.3 Å². The third-order valence-electron chi connectivity index (χ3n) is 1.52. The first-order valence-corrected chi connectivity index (χ1v) is 4.53. The summed E-state index contributed by atoms with van der Waals surface area (Å²) in [5.41, 5.74) is 0. The Hall–Kier alpha value is -0.0800. The van der Waals surface area contributed by atoms with Gasteiger partial charge in [-0.1, -0.05) is 0 Å². The fourth-order valence-electron chi connectivity index (χ4n) is 0.900. The smallest absolute Gasteiger partial charge is 0.0518 e. The standard InChI is InChI=1S/C9H21NO/c1-9(2)11-8-6-4-5-7-10-3/h9-10H,4-8H2,1-3H3. The van der Waals surface area contributed by atoms with E-state index >= 15 is 0 Å². The Morgan fingerprint density at radius 1 is 1.18 bits per heavy atom. The molecule has 0 saturated carbocycles. The number of unbranched alkanes of at least 4 members (excludes halogenated alkanes) is 2. The van der Waals surface area contributed by atoms with Gasteiger partial charge >= 0.3 is 0 Å². The Morgan fingerprint density at radius 2 is 1.91 bits per heavy atom. The van der Waals surface area contributed by atoms with Crippen LogP contribution >= 0.6 is 0 Å². The van der Waals surface area contributed by atoms with E-state index < -0.39 is 0 Å². The van der Waals surface area contributed by atoms with E-state index in [1.54, 1.807) is 0 Å². The van der Waals surface area contributed by atoms with Gasteiger partial charge in [0.05, 0.1) is 6.10 Å². The third-order valence-corrected chi connectivity index (χ3v) is 1.52. The molecule has 0 aromatic carbocycles. The predicted octanol–water partition coefficient (Wildman–Crippen LogP) is 1.80. The first kappa shape index (κ1) is 10.9. The molecular weight excluding hydrogens is 138 g/mol. The van der Waals surface area contributed by atoms with Gasteiger partial charge < -0.3 is 10.1 Å². The topological polar surface area (TPSA) is 21.3 Å². The molecule has 0 rings (SSSR count). The van der Waals surface area contributed by atoms with Gasteiger partial charge in [0.1, 0.15) is 0 Å². The molecular formula is C9H21NO. The van der Waals surface area contributed by atoms with Crippen LogP contribution in [-0.4, -0.2) is 26.3 Å². The van der Waals surface area contributed by atoms with Gasteiger partial charge in [-0.05, 0) is 46.7 Å². The maximum Gasteiger partial charge on any atom is 0.0518 e. The van der Waals surface area contributed by atoms with Crippen molar-refractivity contribution in [2.75, 3.05) is 20.2 Å². The fourth-order valence-corrected chi connectivity index (χ4v) is 0.900. The summed E-state index contributed by atoms with van der Waals surface area (Å²) in [5.74, 6) is 0. The SMILES string of the molecule is CNCCCCCOC(C)C. The zero-order valence-electron chi connectivity index (χ0n) is 8.02. The largest absolute Gasteiger partial charge is 0.379 e. The Balaban J connectivity index is 2.80. The number of hydrogen-bond acceptors (Lipinski definition) is 2. The molecule has 0 fully saturated rings. The third kappa shape index (κ3) is 9.92. The van der Waals surface area contributed by atoms with Crippen LogP contribution in [0.1, 0.15) is 33.1 Å². The maximum absolute atomic E-state index is 5.40. The number of rotatable bonds is 7. The summed E-state index contributed by atoms with van der Waals surface area (Å²) >= 11 is 0. The van der Waals surface area contributed by atoms with Crippen LogP contribution in [0.25, 0.3) is 0 Å². The molecule has 0 saturated heterocycles. The molecule has 0 spiro atoms. The first-order valence-electron chi connectivity index (χ1n) is 4.53. The minimum Gasteiger partial charge on any atom is -0.379 e. The maximum atomic E-state index is 5.40. The zero-order valence-corrected chi connectivity index (χ0v) is 8.02. The molecule has 0 aromatic rings. The van der Waals surface area contributed by atoms with E-state index in [0.717, 1.165) is 13.2 Å². The van der Waals surface area contributed by atoms with Gasteiger partial charge in [-0.2, -0.15) is 0 Å². The molecule has 0 aliphatic carbocycles. The molecule has 68 valence electrons. The second-order valence-corrected chi connectivity index (χ2v) is 3.08. The lowest BCUT2D eigenvalue weighted by Crippen LogP contribution is -2.08. The molecule has 0 aliphatic rings. The van der Waals surface area contributed by atoms with E-state index in [2.05, 4.69) is 19.2 Å². The van der Waals surface area contributed by atoms with Crippen molar-refractivity contribution in [2.24, 2.45) is 0 Å². The van der Waals surface area contributed by atoms with Crippen LogP contribution in [0.15, 0.2) is 0 Å². The second-order valence-electron chi connectivity index (χ2n) is 3.08. The van der Waals surface area contributed by atoms with E-state index in [0.29, 0.717) is 6.10 Å². The van der Waals surface area contributed by atoms with Gasteiger partial charge in [0, 0.05) is 6.61 Å². The van der Waals surface area contributed by atoms with Crippen molar-refractivity contribution in [1.82, 2.24) is 5.32 Å². The van der Waals surface area contributed by atoms with Crippen molar-refractivity contribution in [1.29, 1.82) is 0 Å². The Morgan fingerprint density at radius 3 is 2.45 bits per heavy atom.